The first-order valence-electron chi connectivity index (χ1n) is 4.09. The standard InChI is InChI=1S/C9H15NO3/c1-6(10-5)7(2)13-9(3,4)8(11)12/h6-7H,1-4H3,(H,11,12). The fraction of sp³-hybridized carbons (Fsp3) is 0.778. The highest BCUT2D eigenvalue weighted by molar-refractivity contribution is 5.76. The summed E-state index contributed by atoms with van der Waals surface area (Å²) in [6.07, 6.45) is -0.372. The van der Waals surface area contributed by atoms with E-state index in [1.54, 1.807) is 13.8 Å². The highest BCUT2D eigenvalue weighted by Crippen LogP contribution is 2.15. The summed E-state index contributed by atoms with van der Waals surface area (Å²) in [4.78, 5) is 13.9. The fourth-order valence-corrected chi connectivity index (χ4v) is 0.719. The predicted octanol–water partition coefficient (Wildman–Crippen LogP) is 1.56. The van der Waals surface area contributed by atoms with Crippen LogP contribution in [0.3, 0.4) is 0 Å². The molecule has 1 N–H and O–H groups in total. The Morgan fingerprint density at radius 2 is 2.00 bits per heavy atom. The van der Waals surface area contributed by atoms with E-state index in [0.717, 1.165) is 0 Å². The van der Waals surface area contributed by atoms with E-state index in [1.165, 1.54) is 13.8 Å². The molecule has 74 valence electrons. The molecule has 2 unspecified atom stereocenters. The molecule has 0 heterocycles. The maximum Gasteiger partial charge on any atom is 0.335 e. The Morgan fingerprint density at radius 3 is 2.31 bits per heavy atom. The van der Waals surface area contributed by atoms with Crippen molar-refractivity contribution < 1.29 is 14.6 Å². The molecule has 0 spiro atoms. The van der Waals surface area contributed by atoms with Gasteiger partial charge in [0.15, 0.2) is 5.60 Å². The smallest absolute Gasteiger partial charge is 0.335 e. The Labute approximate surface area is 78.3 Å². The van der Waals surface area contributed by atoms with E-state index in [9.17, 15) is 4.79 Å². The van der Waals surface area contributed by atoms with E-state index in [1.807, 2.05) is 0 Å². The quantitative estimate of drug-likeness (QED) is 0.676. The van der Waals surface area contributed by atoms with Crippen molar-refractivity contribution in [2.45, 2.75) is 45.4 Å². The third kappa shape index (κ3) is 3.43. The van der Waals surface area contributed by atoms with Crippen LogP contribution in [0, 0.1) is 6.57 Å². The van der Waals surface area contributed by atoms with Gasteiger partial charge in [-0.3, -0.25) is 0 Å². The van der Waals surface area contributed by atoms with Crippen LogP contribution in [0.5, 0.6) is 0 Å². The lowest BCUT2D eigenvalue weighted by Crippen LogP contribution is -2.40. The van der Waals surface area contributed by atoms with Crippen molar-refractivity contribution in [3.63, 3.8) is 0 Å². The Kier molecular flexibility index (Phi) is 3.89. The number of rotatable bonds is 4. The highest BCUT2D eigenvalue weighted by atomic mass is 16.5. The van der Waals surface area contributed by atoms with Crippen LogP contribution in [0.15, 0.2) is 0 Å². The molecular weight excluding hydrogens is 170 g/mol. The Morgan fingerprint density at radius 1 is 1.54 bits per heavy atom. The van der Waals surface area contributed by atoms with E-state index in [0.29, 0.717) is 0 Å². The minimum atomic E-state index is -1.22. The molecule has 0 aromatic carbocycles. The number of aliphatic carboxylic acids is 1. The molecule has 4 nitrogen and oxygen atoms in total. The zero-order valence-electron chi connectivity index (χ0n) is 8.37. The van der Waals surface area contributed by atoms with Crippen LogP contribution in [-0.4, -0.2) is 28.8 Å². The number of ether oxygens (including phenoxy) is 1. The first-order valence-corrected chi connectivity index (χ1v) is 4.09. The number of hydrogen-bond donors (Lipinski definition) is 1. The third-order valence-corrected chi connectivity index (χ3v) is 1.88. The molecule has 0 amide bonds. The molecular formula is C9H15NO3. The summed E-state index contributed by atoms with van der Waals surface area (Å²) in [5.74, 6) is -1.02. The van der Waals surface area contributed by atoms with Gasteiger partial charge >= 0.3 is 5.97 Å². The van der Waals surface area contributed by atoms with Crippen molar-refractivity contribution in [2.24, 2.45) is 0 Å². The first-order chi connectivity index (χ1) is 5.81. The molecule has 0 rings (SSSR count). The number of carbonyl (C=O) groups is 1. The molecule has 0 aliphatic carbocycles. The van der Waals surface area contributed by atoms with Gasteiger partial charge in [-0.25, -0.2) is 11.4 Å². The van der Waals surface area contributed by atoms with Crippen LogP contribution >= 0.6 is 0 Å². The normalized spacial score (nSPS) is 15.9. The van der Waals surface area contributed by atoms with Crippen molar-refractivity contribution in [1.29, 1.82) is 0 Å². The summed E-state index contributed by atoms with van der Waals surface area (Å²) in [7, 11) is 0. The Bertz CT molecular complexity index is 230. The van der Waals surface area contributed by atoms with Gasteiger partial charge in [0, 0.05) is 6.92 Å². The molecule has 4 heteroatoms. The summed E-state index contributed by atoms with van der Waals surface area (Å²) in [5.41, 5.74) is -1.22. The van der Waals surface area contributed by atoms with Gasteiger partial charge < -0.3 is 14.7 Å². The van der Waals surface area contributed by atoms with E-state index in [2.05, 4.69) is 4.85 Å². The van der Waals surface area contributed by atoms with Crippen molar-refractivity contribution in [3.05, 3.63) is 11.4 Å². The lowest BCUT2D eigenvalue weighted by atomic mass is 10.1. The lowest BCUT2D eigenvalue weighted by molar-refractivity contribution is -0.167. The van der Waals surface area contributed by atoms with Crippen molar-refractivity contribution in [2.75, 3.05) is 0 Å². The summed E-state index contributed by atoms with van der Waals surface area (Å²) in [6, 6.07) is -0.321. The zero-order chi connectivity index (χ0) is 10.6. The molecule has 0 aromatic heterocycles. The second-order valence-corrected chi connectivity index (χ2v) is 3.51. The van der Waals surface area contributed by atoms with Crippen LogP contribution in [0.2, 0.25) is 0 Å². The average molecular weight is 185 g/mol. The molecule has 0 aliphatic rings. The number of carboxylic acid groups (broad SMARTS) is 1. The van der Waals surface area contributed by atoms with Gasteiger partial charge in [-0.15, -0.1) is 0 Å². The summed E-state index contributed by atoms with van der Waals surface area (Å²) < 4.78 is 5.24. The minimum absolute atomic E-state index is 0.321. The number of nitrogens with zero attached hydrogens (tertiary/aromatic N) is 1. The number of hydrogen-bond acceptors (Lipinski definition) is 2. The maximum atomic E-state index is 10.7. The molecule has 0 bridgehead atoms. The average Bonchev–Trinajstić information content (AvgIpc) is 2.01. The second-order valence-electron chi connectivity index (χ2n) is 3.51. The molecule has 2 atom stereocenters. The largest absolute Gasteiger partial charge is 0.479 e. The van der Waals surface area contributed by atoms with Gasteiger partial charge in [0.25, 0.3) is 0 Å². The second kappa shape index (κ2) is 4.24. The number of carboxylic acids is 1. The van der Waals surface area contributed by atoms with Crippen molar-refractivity contribution in [1.82, 2.24) is 0 Å². The maximum absolute atomic E-state index is 10.7. The van der Waals surface area contributed by atoms with Gasteiger partial charge in [0.1, 0.15) is 6.10 Å². The molecule has 0 aromatic rings. The van der Waals surface area contributed by atoms with Crippen LogP contribution in [0.4, 0.5) is 0 Å². The molecule has 0 fully saturated rings. The first kappa shape index (κ1) is 11.9. The van der Waals surface area contributed by atoms with Crippen LogP contribution in [-0.2, 0) is 9.53 Å². The van der Waals surface area contributed by atoms with E-state index >= 15 is 0 Å². The van der Waals surface area contributed by atoms with Gasteiger partial charge in [-0.2, -0.15) is 0 Å². The van der Waals surface area contributed by atoms with E-state index in [4.69, 9.17) is 16.4 Å². The van der Waals surface area contributed by atoms with E-state index in [-0.39, 0.29) is 12.1 Å². The highest BCUT2D eigenvalue weighted by Gasteiger charge is 2.33. The van der Waals surface area contributed by atoms with Crippen molar-refractivity contribution >= 4 is 5.97 Å². The molecule has 0 radical (unpaired) electrons. The summed E-state index contributed by atoms with van der Waals surface area (Å²) in [6.45, 7) is 13.1. The summed E-state index contributed by atoms with van der Waals surface area (Å²) >= 11 is 0. The SMILES string of the molecule is [C-]#[N+]C(C)C(C)OC(C)(C)C(=O)O. The predicted molar refractivity (Wildman–Crippen MR) is 48.3 cm³/mol. The van der Waals surface area contributed by atoms with Gasteiger partial charge in [0.05, 0.1) is 0 Å². The Hall–Kier alpha value is -1.08. The van der Waals surface area contributed by atoms with E-state index < -0.39 is 11.6 Å². The van der Waals surface area contributed by atoms with Crippen LogP contribution < -0.4 is 0 Å². The molecule has 0 aliphatic heterocycles. The monoisotopic (exact) mass is 185 g/mol. The third-order valence-electron chi connectivity index (χ3n) is 1.88. The Balaban J connectivity index is 4.29. The minimum Gasteiger partial charge on any atom is -0.479 e. The zero-order valence-corrected chi connectivity index (χ0v) is 8.37. The van der Waals surface area contributed by atoms with Gasteiger partial charge in [-0.05, 0) is 20.8 Å². The molecule has 13 heavy (non-hydrogen) atoms. The van der Waals surface area contributed by atoms with Crippen molar-refractivity contribution in [3.8, 4) is 0 Å². The van der Waals surface area contributed by atoms with Gasteiger partial charge in [0.2, 0.25) is 6.04 Å². The van der Waals surface area contributed by atoms with Crippen LogP contribution in [0.1, 0.15) is 27.7 Å². The topological polar surface area (TPSA) is 50.9 Å². The van der Waals surface area contributed by atoms with Crippen LogP contribution in [0.25, 0.3) is 4.85 Å². The lowest BCUT2D eigenvalue weighted by Gasteiger charge is -2.24. The van der Waals surface area contributed by atoms with Gasteiger partial charge in [-0.1, -0.05) is 0 Å². The fourth-order valence-electron chi connectivity index (χ4n) is 0.719. The summed E-state index contributed by atoms with van der Waals surface area (Å²) in [5, 5.41) is 8.74. The molecule has 0 saturated carbocycles. The molecule has 0 saturated heterocycles.